The Morgan fingerprint density at radius 1 is 0.972 bits per heavy atom. The van der Waals surface area contributed by atoms with Crippen LogP contribution in [0.3, 0.4) is 0 Å². The van der Waals surface area contributed by atoms with Crippen LogP contribution in [-0.2, 0) is 0 Å². The topological polar surface area (TPSA) is 48.7 Å². The summed E-state index contributed by atoms with van der Waals surface area (Å²) in [6.07, 6.45) is -11.7. The van der Waals surface area contributed by atoms with Gasteiger partial charge in [-0.3, -0.25) is 5.01 Å². The zero-order valence-electron chi connectivity index (χ0n) is 18.4. The van der Waals surface area contributed by atoms with Gasteiger partial charge >= 0.3 is 12.4 Å². The van der Waals surface area contributed by atoms with Crippen LogP contribution in [0.1, 0.15) is 23.6 Å². The Bertz CT molecular complexity index is 1290. The second-order valence-electron chi connectivity index (χ2n) is 8.21. The number of hydrazone groups is 1. The third-order valence-corrected chi connectivity index (χ3v) is 6.25. The smallest absolute Gasteiger partial charge is 0.369 e. The largest absolute Gasteiger partial charge is 0.431 e. The Hall–Kier alpha value is -3.18. The van der Waals surface area contributed by atoms with Gasteiger partial charge in [0.2, 0.25) is 5.95 Å². The molecule has 0 radical (unpaired) electrons. The molecular weight excluding hydrogens is 515 g/mol. The lowest BCUT2D eigenvalue weighted by Gasteiger charge is -2.32. The van der Waals surface area contributed by atoms with Crippen molar-refractivity contribution in [1.29, 1.82) is 0 Å². The first-order valence-corrected chi connectivity index (χ1v) is 10.8. The summed E-state index contributed by atoms with van der Waals surface area (Å²) in [4.78, 5) is 3.61. The van der Waals surface area contributed by atoms with Crippen LogP contribution >= 0.6 is 11.6 Å². The highest BCUT2D eigenvalue weighted by molar-refractivity contribution is 6.33. The van der Waals surface area contributed by atoms with Gasteiger partial charge in [0, 0.05) is 18.2 Å². The normalized spacial score (nSPS) is 16.9. The lowest BCUT2D eigenvalue weighted by molar-refractivity contribution is -0.338. The number of aromatic nitrogens is 1. The van der Waals surface area contributed by atoms with E-state index in [1.807, 2.05) is 0 Å². The van der Waals surface area contributed by atoms with Crippen molar-refractivity contribution in [2.45, 2.75) is 37.3 Å². The van der Waals surface area contributed by atoms with Gasteiger partial charge in [0.1, 0.15) is 0 Å². The second-order valence-corrected chi connectivity index (χ2v) is 8.62. The number of para-hydroxylation sites is 1. The highest BCUT2D eigenvalue weighted by atomic mass is 35.5. The van der Waals surface area contributed by atoms with Gasteiger partial charge in [0.25, 0.3) is 5.60 Å². The van der Waals surface area contributed by atoms with Gasteiger partial charge in [-0.2, -0.15) is 35.8 Å². The van der Waals surface area contributed by atoms with E-state index in [0.717, 1.165) is 5.01 Å². The van der Waals surface area contributed by atoms with Gasteiger partial charge in [-0.05, 0) is 41.8 Å². The summed E-state index contributed by atoms with van der Waals surface area (Å²) < 4.78 is 94.8. The van der Waals surface area contributed by atoms with E-state index >= 15 is 0 Å². The molecule has 1 atom stereocenters. The van der Waals surface area contributed by atoms with Crippen molar-refractivity contribution in [3.63, 3.8) is 0 Å². The van der Waals surface area contributed by atoms with Crippen molar-refractivity contribution < 1.29 is 35.8 Å². The summed E-state index contributed by atoms with van der Waals surface area (Å²) in [6, 6.07) is 12.1. The van der Waals surface area contributed by atoms with Crippen molar-refractivity contribution >= 4 is 23.0 Å². The van der Waals surface area contributed by atoms with Crippen molar-refractivity contribution in [2.24, 2.45) is 5.10 Å². The standard InChI is InChI=1S/C24H17ClF7N3O/c1-13-10-21(26)33-12-16(13)14-6-8-15(9-7-14)19-11-20(22(36,23(27,28)29)24(30,31)32)34-35(19)18-5-3-2-4-17(18)25/h2-10,12,19,36H,11H2,1H3. The minimum Gasteiger partial charge on any atom is -0.369 e. The van der Waals surface area contributed by atoms with Gasteiger partial charge < -0.3 is 5.11 Å². The number of halogens is 8. The van der Waals surface area contributed by atoms with E-state index in [1.54, 1.807) is 19.1 Å². The summed E-state index contributed by atoms with van der Waals surface area (Å²) in [5.41, 5.74) is -4.49. The number of alkyl halides is 6. The summed E-state index contributed by atoms with van der Waals surface area (Å²) in [5.74, 6) is -0.666. The number of aliphatic hydroxyl groups is 1. The second kappa shape index (κ2) is 9.04. The van der Waals surface area contributed by atoms with Crippen LogP contribution in [0.4, 0.5) is 36.4 Å². The van der Waals surface area contributed by atoms with Crippen molar-refractivity contribution in [1.82, 2.24) is 4.98 Å². The maximum absolute atomic E-state index is 13.6. The van der Waals surface area contributed by atoms with Crippen LogP contribution in [0.15, 0.2) is 65.9 Å². The predicted molar refractivity (Wildman–Crippen MR) is 120 cm³/mol. The SMILES string of the molecule is Cc1cc(F)ncc1-c1ccc(C2CC(C(O)(C(F)(F)F)C(F)(F)F)=NN2c2ccccc2Cl)cc1. The number of hydrogen-bond acceptors (Lipinski definition) is 4. The molecule has 4 nitrogen and oxygen atoms in total. The van der Waals surface area contributed by atoms with Crippen LogP contribution < -0.4 is 5.01 Å². The molecule has 3 aromatic rings. The minimum atomic E-state index is -6.07. The lowest BCUT2D eigenvalue weighted by atomic mass is 9.89. The third kappa shape index (κ3) is 4.41. The zero-order chi connectivity index (χ0) is 26.5. The molecule has 190 valence electrons. The van der Waals surface area contributed by atoms with E-state index in [0.29, 0.717) is 22.3 Å². The molecule has 2 aromatic carbocycles. The van der Waals surface area contributed by atoms with Crippen molar-refractivity contribution in [3.05, 3.63) is 82.9 Å². The molecule has 0 saturated heterocycles. The van der Waals surface area contributed by atoms with Crippen LogP contribution in [-0.4, -0.2) is 33.8 Å². The first-order chi connectivity index (χ1) is 16.7. The Morgan fingerprint density at radius 3 is 2.14 bits per heavy atom. The Morgan fingerprint density at radius 2 is 1.58 bits per heavy atom. The molecule has 0 amide bonds. The summed E-state index contributed by atoms with van der Waals surface area (Å²) >= 11 is 6.18. The number of hydrogen-bond donors (Lipinski definition) is 1. The zero-order valence-corrected chi connectivity index (χ0v) is 19.1. The molecule has 1 aliphatic rings. The molecule has 1 unspecified atom stereocenters. The number of rotatable bonds is 4. The molecule has 36 heavy (non-hydrogen) atoms. The summed E-state index contributed by atoms with van der Waals surface area (Å²) in [5, 5.41) is 14.5. The molecule has 12 heteroatoms. The van der Waals surface area contributed by atoms with Crippen LogP contribution in [0.25, 0.3) is 11.1 Å². The molecule has 1 N–H and O–H groups in total. The number of pyridine rings is 1. The molecule has 0 aliphatic carbocycles. The Kier molecular flexibility index (Phi) is 6.50. The van der Waals surface area contributed by atoms with Crippen molar-refractivity contribution in [3.8, 4) is 11.1 Å². The third-order valence-electron chi connectivity index (χ3n) is 5.93. The molecule has 1 aliphatic heterocycles. The Balaban J connectivity index is 1.79. The molecule has 4 rings (SSSR count). The highest BCUT2D eigenvalue weighted by Crippen LogP contribution is 2.49. The van der Waals surface area contributed by atoms with Gasteiger partial charge in [0.05, 0.1) is 22.5 Å². The van der Waals surface area contributed by atoms with E-state index < -0.39 is 42.1 Å². The van der Waals surface area contributed by atoms with E-state index in [2.05, 4.69) is 10.1 Å². The Labute approximate surface area is 205 Å². The maximum atomic E-state index is 13.6. The monoisotopic (exact) mass is 531 g/mol. The van der Waals surface area contributed by atoms with E-state index in [4.69, 9.17) is 11.6 Å². The molecule has 0 saturated carbocycles. The van der Waals surface area contributed by atoms with Gasteiger partial charge in [0.15, 0.2) is 0 Å². The van der Waals surface area contributed by atoms with Crippen LogP contribution in [0, 0.1) is 12.9 Å². The average Bonchev–Trinajstić information content (AvgIpc) is 3.23. The van der Waals surface area contributed by atoms with Gasteiger partial charge in [-0.1, -0.05) is 48.0 Å². The maximum Gasteiger partial charge on any atom is 0.431 e. The molecule has 1 aromatic heterocycles. The van der Waals surface area contributed by atoms with Crippen LogP contribution in [0.5, 0.6) is 0 Å². The number of anilines is 1. The number of aryl methyl sites for hydroxylation is 1. The van der Waals surface area contributed by atoms with E-state index in [1.165, 1.54) is 48.7 Å². The summed E-state index contributed by atoms with van der Waals surface area (Å²) in [6.45, 7) is 1.67. The van der Waals surface area contributed by atoms with E-state index in [-0.39, 0.29) is 10.7 Å². The van der Waals surface area contributed by atoms with E-state index in [9.17, 15) is 35.8 Å². The van der Waals surface area contributed by atoms with Crippen molar-refractivity contribution in [2.75, 3.05) is 5.01 Å². The molecular formula is C24H17ClF7N3O. The molecule has 0 fully saturated rings. The minimum absolute atomic E-state index is 0.0414. The fraction of sp³-hybridized carbons (Fsp3) is 0.250. The molecule has 0 spiro atoms. The first kappa shape index (κ1) is 25.9. The number of benzene rings is 2. The fourth-order valence-electron chi connectivity index (χ4n) is 4.05. The first-order valence-electron chi connectivity index (χ1n) is 10.4. The predicted octanol–water partition coefficient (Wildman–Crippen LogP) is 7.01. The van der Waals surface area contributed by atoms with Gasteiger partial charge in [-0.15, -0.1) is 0 Å². The summed E-state index contributed by atoms with van der Waals surface area (Å²) in [7, 11) is 0. The average molecular weight is 532 g/mol. The fourth-order valence-corrected chi connectivity index (χ4v) is 4.27. The molecule has 0 bridgehead atoms. The quantitative estimate of drug-likeness (QED) is 0.291. The van der Waals surface area contributed by atoms with Crippen LogP contribution in [0.2, 0.25) is 5.02 Å². The highest BCUT2D eigenvalue weighted by Gasteiger charge is 2.74. The lowest BCUT2D eigenvalue weighted by Crippen LogP contribution is -2.62. The van der Waals surface area contributed by atoms with Gasteiger partial charge in [-0.25, -0.2) is 4.98 Å². The number of nitrogens with zero attached hydrogens (tertiary/aromatic N) is 3. The molecule has 2 heterocycles.